The van der Waals surface area contributed by atoms with Crippen molar-refractivity contribution in [2.75, 3.05) is 6.54 Å². The number of hydrogen-bond donors (Lipinski definition) is 1. The quantitative estimate of drug-likeness (QED) is 0.820. The van der Waals surface area contributed by atoms with Gasteiger partial charge < -0.3 is 5.32 Å². The normalized spacial score (nSPS) is 31.6. The summed E-state index contributed by atoms with van der Waals surface area (Å²) in [6.45, 7) is 8.31. The summed E-state index contributed by atoms with van der Waals surface area (Å²) < 4.78 is 0. The Morgan fingerprint density at radius 1 is 1.39 bits per heavy atom. The maximum absolute atomic E-state index is 4.70. The van der Waals surface area contributed by atoms with E-state index in [0.717, 1.165) is 6.54 Å². The molecule has 3 rings (SSSR count). The molecule has 0 radical (unpaired) electrons. The maximum Gasteiger partial charge on any atom is 0.0485 e. The van der Waals surface area contributed by atoms with Crippen LogP contribution in [0.1, 0.15) is 57.2 Å². The zero-order chi connectivity index (χ0) is 12.8. The van der Waals surface area contributed by atoms with Crippen LogP contribution in [-0.4, -0.2) is 17.1 Å². The largest absolute Gasteiger partial charge is 0.310 e. The molecule has 1 aliphatic heterocycles. The van der Waals surface area contributed by atoms with Gasteiger partial charge in [0.15, 0.2) is 0 Å². The Kier molecular flexibility index (Phi) is 2.74. The van der Waals surface area contributed by atoms with Gasteiger partial charge in [-0.2, -0.15) is 0 Å². The van der Waals surface area contributed by atoms with E-state index in [1.165, 1.54) is 36.9 Å². The molecule has 2 heteroatoms. The monoisotopic (exact) mass is 244 g/mol. The van der Waals surface area contributed by atoms with Gasteiger partial charge in [-0.3, -0.25) is 4.98 Å². The minimum Gasteiger partial charge on any atom is -0.310 e. The van der Waals surface area contributed by atoms with Gasteiger partial charge in [-0.1, -0.05) is 26.8 Å². The van der Waals surface area contributed by atoms with Crippen LogP contribution in [0.25, 0.3) is 0 Å². The molecule has 1 aromatic rings. The molecule has 1 saturated heterocycles. The Balaban J connectivity index is 2.04. The average molecular weight is 244 g/mol. The molecule has 0 amide bonds. The highest BCUT2D eigenvalue weighted by Gasteiger charge is 2.51. The summed E-state index contributed by atoms with van der Waals surface area (Å²) in [5.41, 5.74) is 3.36. The van der Waals surface area contributed by atoms with Crippen LogP contribution in [0, 0.1) is 5.41 Å². The van der Waals surface area contributed by atoms with Crippen molar-refractivity contribution in [3.8, 4) is 0 Å². The van der Waals surface area contributed by atoms with Gasteiger partial charge in [-0.15, -0.1) is 0 Å². The molecule has 0 spiro atoms. The Hall–Kier alpha value is -0.890. The first kappa shape index (κ1) is 12.2. The fourth-order valence-corrected chi connectivity index (χ4v) is 4.12. The second-order valence-electron chi connectivity index (χ2n) is 6.89. The van der Waals surface area contributed by atoms with Gasteiger partial charge in [-0.25, -0.2) is 0 Å². The molecule has 0 saturated carbocycles. The third-order valence-electron chi connectivity index (χ3n) is 5.08. The third-order valence-corrected chi connectivity index (χ3v) is 5.08. The highest BCUT2D eigenvalue weighted by molar-refractivity contribution is 5.33. The lowest BCUT2D eigenvalue weighted by atomic mass is 9.64. The maximum atomic E-state index is 4.70. The van der Waals surface area contributed by atoms with E-state index in [-0.39, 0.29) is 11.0 Å². The van der Waals surface area contributed by atoms with E-state index in [4.69, 9.17) is 4.98 Å². The molecule has 2 unspecified atom stereocenters. The van der Waals surface area contributed by atoms with E-state index >= 15 is 0 Å². The second kappa shape index (κ2) is 4.06. The number of aryl methyl sites for hydroxylation is 1. The number of nitrogens with zero attached hydrogens (tertiary/aromatic N) is 1. The standard InChI is InChI=1S/C16H24N2/c1-15(2,3)16(9-5-11-18-16)13-8-7-12-6-4-10-17-14(12)13/h4,6,10,13,18H,5,7-9,11H2,1-3H3. The van der Waals surface area contributed by atoms with E-state index in [0.29, 0.717) is 5.92 Å². The molecule has 0 aromatic carbocycles. The van der Waals surface area contributed by atoms with Gasteiger partial charge in [0.2, 0.25) is 0 Å². The summed E-state index contributed by atoms with van der Waals surface area (Å²) in [6.07, 6.45) is 7.01. The average Bonchev–Trinajstić information content (AvgIpc) is 2.94. The lowest BCUT2D eigenvalue weighted by Crippen LogP contribution is -2.55. The van der Waals surface area contributed by atoms with Gasteiger partial charge in [0, 0.05) is 23.3 Å². The van der Waals surface area contributed by atoms with Crippen LogP contribution in [0.4, 0.5) is 0 Å². The minimum atomic E-state index is 0.243. The molecular formula is C16H24N2. The van der Waals surface area contributed by atoms with Crippen molar-refractivity contribution < 1.29 is 0 Å². The molecule has 0 bridgehead atoms. The molecule has 2 heterocycles. The van der Waals surface area contributed by atoms with Gasteiger partial charge >= 0.3 is 0 Å². The first-order valence-electron chi connectivity index (χ1n) is 7.23. The summed E-state index contributed by atoms with van der Waals surface area (Å²) >= 11 is 0. The summed E-state index contributed by atoms with van der Waals surface area (Å²) in [7, 11) is 0. The first-order chi connectivity index (χ1) is 8.55. The minimum absolute atomic E-state index is 0.243. The van der Waals surface area contributed by atoms with Crippen molar-refractivity contribution in [3.05, 3.63) is 29.6 Å². The summed E-state index contributed by atoms with van der Waals surface area (Å²) in [5, 5.41) is 3.85. The van der Waals surface area contributed by atoms with Gasteiger partial charge in [0.25, 0.3) is 0 Å². The van der Waals surface area contributed by atoms with E-state index in [1.54, 1.807) is 0 Å². The van der Waals surface area contributed by atoms with Gasteiger partial charge in [0.05, 0.1) is 0 Å². The molecule has 98 valence electrons. The molecule has 1 N–H and O–H groups in total. The van der Waals surface area contributed by atoms with Crippen LogP contribution in [0.2, 0.25) is 0 Å². The zero-order valence-electron chi connectivity index (χ0n) is 11.8. The molecule has 1 fully saturated rings. The topological polar surface area (TPSA) is 24.9 Å². The van der Waals surface area contributed by atoms with Crippen molar-refractivity contribution >= 4 is 0 Å². The van der Waals surface area contributed by atoms with Gasteiger partial charge in [-0.05, 0) is 49.3 Å². The third kappa shape index (κ3) is 1.62. The van der Waals surface area contributed by atoms with E-state index in [9.17, 15) is 0 Å². The Morgan fingerprint density at radius 3 is 2.89 bits per heavy atom. The predicted octanol–water partition coefficient (Wildman–Crippen LogP) is 3.28. The smallest absolute Gasteiger partial charge is 0.0485 e. The lowest BCUT2D eigenvalue weighted by molar-refractivity contribution is 0.122. The Morgan fingerprint density at radius 2 is 2.22 bits per heavy atom. The van der Waals surface area contributed by atoms with Crippen molar-refractivity contribution in [2.45, 2.75) is 57.9 Å². The Bertz CT molecular complexity index is 439. The summed E-state index contributed by atoms with van der Waals surface area (Å²) in [4.78, 5) is 4.70. The van der Waals surface area contributed by atoms with E-state index in [2.05, 4.69) is 38.2 Å². The number of hydrogen-bond acceptors (Lipinski definition) is 2. The van der Waals surface area contributed by atoms with Crippen LogP contribution < -0.4 is 5.32 Å². The van der Waals surface area contributed by atoms with Gasteiger partial charge in [0.1, 0.15) is 0 Å². The Labute approximate surface area is 110 Å². The van der Waals surface area contributed by atoms with Crippen molar-refractivity contribution in [2.24, 2.45) is 5.41 Å². The van der Waals surface area contributed by atoms with Crippen LogP contribution in [0.15, 0.2) is 18.3 Å². The molecule has 1 aromatic heterocycles. The first-order valence-corrected chi connectivity index (χ1v) is 7.23. The lowest BCUT2D eigenvalue weighted by Gasteiger charge is -2.47. The number of aromatic nitrogens is 1. The number of rotatable bonds is 1. The molecule has 2 nitrogen and oxygen atoms in total. The van der Waals surface area contributed by atoms with Crippen LogP contribution in [0.5, 0.6) is 0 Å². The summed E-state index contributed by atoms with van der Waals surface area (Å²) in [5.74, 6) is 0.594. The van der Waals surface area contributed by atoms with E-state index in [1.807, 2.05) is 6.20 Å². The van der Waals surface area contributed by atoms with Crippen molar-refractivity contribution in [1.29, 1.82) is 0 Å². The number of fused-ring (bicyclic) bond motifs is 1. The SMILES string of the molecule is CC(C)(C)C1(C2CCc3cccnc32)CCCN1. The number of nitrogens with one attached hydrogen (secondary N) is 1. The molecule has 2 atom stereocenters. The van der Waals surface area contributed by atoms with Crippen LogP contribution >= 0.6 is 0 Å². The van der Waals surface area contributed by atoms with Crippen LogP contribution in [-0.2, 0) is 6.42 Å². The highest BCUT2D eigenvalue weighted by Crippen LogP contribution is 2.51. The van der Waals surface area contributed by atoms with Crippen molar-refractivity contribution in [1.82, 2.24) is 10.3 Å². The zero-order valence-corrected chi connectivity index (χ0v) is 11.8. The fourth-order valence-electron chi connectivity index (χ4n) is 4.12. The fraction of sp³-hybridized carbons (Fsp3) is 0.688. The summed E-state index contributed by atoms with van der Waals surface area (Å²) in [6, 6.07) is 4.33. The highest BCUT2D eigenvalue weighted by atomic mass is 15.0. The second-order valence-corrected chi connectivity index (χ2v) is 6.89. The predicted molar refractivity (Wildman–Crippen MR) is 74.7 cm³/mol. The number of pyridine rings is 1. The van der Waals surface area contributed by atoms with Crippen LogP contribution in [0.3, 0.4) is 0 Å². The molecule has 1 aliphatic carbocycles. The molecule has 2 aliphatic rings. The van der Waals surface area contributed by atoms with Crippen molar-refractivity contribution in [3.63, 3.8) is 0 Å². The molecule has 18 heavy (non-hydrogen) atoms. The molecular weight excluding hydrogens is 220 g/mol. The van der Waals surface area contributed by atoms with E-state index < -0.39 is 0 Å².